The lowest BCUT2D eigenvalue weighted by molar-refractivity contribution is -0.119. The second-order valence-corrected chi connectivity index (χ2v) is 9.96. The van der Waals surface area contributed by atoms with Crippen molar-refractivity contribution in [2.45, 2.75) is 44.7 Å². The summed E-state index contributed by atoms with van der Waals surface area (Å²) in [5.74, 6) is 0.793. The molecule has 10 heteroatoms. The standard InChI is InChI=1S/C27H38N8O2/c1-19(36)30-22-10-17-35(18-11-22)24-5-4-14-29-25(24)32-27(28)31-21-8-6-20(7-9-21)26(37)34(3)23-12-15-33(2)16-13-23/h4-9,14,22-23H,10-13,15-18H2,1-3H3,(H,30,36)(H3,28,29,31,32). The van der Waals surface area contributed by atoms with E-state index in [1.165, 1.54) is 0 Å². The molecule has 2 saturated heterocycles. The highest BCUT2D eigenvalue weighted by atomic mass is 16.2. The fraction of sp³-hybridized carbons (Fsp3) is 0.481. The first-order chi connectivity index (χ1) is 17.8. The summed E-state index contributed by atoms with van der Waals surface area (Å²) in [6.45, 7) is 5.17. The zero-order valence-electron chi connectivity index (χ0n) is 22.0. The van der Waals surface area contributed by atoms with E-state index >= 15 is 0 Å². The van der Waals surface area contributed by atoms with Crippen molar-refractivity contribution in [1.29, 1.82) is 0 Å². The van der Waals surface area contributed by atoms with E-state index in [9.17, 15) is 9.59 Å². The molecule has 0 radical (unpaired) electrons. The third-order valence-corrected chi connectivity index (χ3v) is 7.20. The van der Waals surface area contributed by atoms with E-state index in [2.05, 4.69) is 37.5 Å². The van der Waals surface area contributed by atoms with Crippen LogP contribution in [0, 0.1) is 0 Å². The van der Waals surface area contributed by atoms with Gasteiger partial charge in [-0.1, -0.05) is 0 Å². The Morgan fingerprint density at radius 2 is 1.73 bits per heavy atom. The Morgan fingerprint density at radius 1 is 1.05 bits per heavy atom. The second-order valence-electron chi connectivity index (χ2n) is 9.96. The first kappa shape index (κ1) is 26.4. The minimum absolute atomic E-state index is 0.00522. The molecule has 0 saturated carbocycles. The number of piperidine rings is 2. The lowest BCUT2D eigenvalue weighted by atomic mass is 10.0. The molecule has 0 atom stereocenters. The van der Waals surface area contributed by atoms with E-state index < -0.39 is 0 Å². The smallest absolute Gasteiger partial charge is 0.253 e. The molecule has 3 heterocycles. The van der Waals surface area contributed by atoms with E-state index in [-0.39, 0.29) is 29.9 Å². The molecule has 2 amide bonds. The van der Waals surface area contributed by atoms with Crippen LogP contribution < -0.4 is 21.3 Å². The molecule has 1 aromatic carbocycles. The number of nitrogens with two attached hydrogens (primary N) is 1. The van der Waals surface area contributed by atoms with Crippen LogP contribution in [0.2, 0.25) is 0 Å². The fourth-order valence-corrected chi connectivity index (χ4v) is 5.01. The monoisotopic (exact) mass is 506 g/mol. The van der Waals surface area contributed by atoms with Crippen LogP contribution in [0.25, 0.3) is 0 Å². The zero-order valence-corrected chi connectivity index (χ0v) is 22.0. The van der Waals surface area contributed by atoms with Gasteiger partial charge in [0.15, 0.2) is 11.8 Å². The predicted molar refractivity (Wildman–Crippen MR) is 147 cm³/mol. The van der Waals surface area contributed by atoms with Gasteiger partial charge in [-0.25, -0.2) is 4.98 Å². The highest BCUT2D eigenvalue weighted by Gasteiger charge is 2.25. The van der Waals surface area contributed by atoms with Crippen LogP contribution in [0.1, 0.15) is 43.0 Å². The lowest BCUT2D eigenvalue weighted by Gasteiger charge is -2.35. The number of anilines is 2. The lowest BCUT2D eigenvalue weighted by Crippen LogP contribution is -2.44. The van der Waals surface area contributed by atoms with Crippen molar-refractivity contribution in [3.63, 3.8) is 0 Å². The summed E-state index contributed by atoms with van der Waals surface area (Å²) in [6.07, 6.45) is 5.41. The number of aliphatic imine (C=N–C) groups is 1. The van der Waals surface area contributed by atoms with Crippen molar-refractivity contribution in [3.8, 4) is 0 Å². The van der Waals surface area contributed by atoms with Crippen molar-refractivity contribution < 1.29 is 9.59 Å². The molecule has 0 bridgehead atoms. The summed E-state index contributed by atoms with van der Waals surface area (Å²) in [5.41, 5.74) is 8.52. The summed E-state index contributed by atoms with van der Waals surface area (Å²) < 4.78 is 0. The Bertz CT molecular complexity index is 1100. The number of carbonyl (C=O) groups is 2. The van der Waals surface area contributed by atoms with Crippen molar-refractivity contribution in [2.75, 3.05) is 50.5 Å². The van der Waals surface area contributed by atoms with Crippen LogP contribution in [0.15, 0.2) is 47.6 Å². The quantitative estimate of drug-likeness (QED) is 0.407. The average molecular weight is 507 g/mol. The van der Waals surface area contributed by atoms with Gasteiger partial charge < -0.3 is 31.1 Å². The first-order valence-corrected chi connectivity index (χ1v) is 12.9. The summed E-state index contributed by atoms with van der Waals surface area (Å²) in [4.78, 5) is 39.7. The van der Waals surface area contributed by atoms with Gasteiger partial charge in [0.2, 0.25) is 5.91 Å². The maximum Gasteiger partial charge on any atom is 0.253 e. The molecule has 198 valence electrons. The van der Waals surface area contributed by atoms with E-state index in [0.29, 0.717) is 11.4 Å². The van der Waals surface area contributed by atoms with Crippen LogP contribution in [0.3, 0.4) is 0 Å². The van der Waals surface area contributed by atoms with Gasteiger partial charge in [0, 0.05) is 56.6 Å². The maximum absolute atomic E-state index is 13.0. The van der Waals surface area contributed by atoms with Crippen LogP contribution >= 0.6 is 0 Å². The van der Waals surface area contributed by atoms with E-state index in [1.54, 1.807) is 13.1 Å². The number of guanidine groups is 1. The molecule has 10 nitrogen and oxygen atoms in total. The number of nitrogens with one attached hydrogen (secondary N) is 2. The Balaban J connectivity index is 1.37. The van der Waals surface area contributed by atoms with E-state index in [4.69, 9.17) is 5.73 Å². The molecule has 2 aliphatic rings. The molecule has 2 aromatic rings. The number of benzene rings is 1. The van der Waals surface area contributed by atoms with Crippen LogP contribution in [0.5, 0.6) is 0 Å². The number of likely N-dealkylation sites (tertiary alicyclic amines) is 1. The molecule has 37 heavy (non-hydrogen) atoms. The van der Waals surface area contributed by atoms with Gasteiger partial charge in [0.25, 0.3) is 5.91 Å². The van der Waals surface area contributed by atoms with Gasteiger partial charge >= 0.3 is 0 Å². The highest BCUT2D eigenvalue weighted by Crippen LogP contribution is 2.28. The number of rotatable bonds is 6. The van der Waals surface area contributed by atoms with Crippen molar-refractivity contribution in [1.82, 2.24) is 20.1 Å². The molecular weight excluding hydrogens is 468 g/mol. The molecule has 4 rings (SSSR count). The topological polar surface area (TPSA) is 119 Å². The SMILES string of the molecule is CC(=O)NC1CCN(c2cccnc2/N=C(\N)Nc2ccc(C(=O)N(C)C3CCN(C)CC3)cc2)CC1. The third-order valence-electron chi connectivity index (χ3n) is 7.20. The number of pyridine rings is 1. The second kappa shape index (κ2) is 12.1. The Kier molecular flexibility index (Phi) is 8.60. The van der Waals surface area contributed by atoms with Crippen molar-refractivity contribution >= 4 is 35.0 Å². The van der Waals surface area contributed by atoms with Crippen LogP contribution in [-0.2, 0) is 4.79 Å². The summed E-state index contributed by atoms with van der Waals surface area (Å²) in [5, 5.41) is 6.10. The number of nitrogens with zero attached hydrogens (tertiary/aromatic N) is 5. The van der Waals surface area contributed by atoms with Crippen LogP contribution in [-0.4, -0.2) is 84.9 Å². The number of aromatic nitrogens is 1. The van der Waals surface area contributed by atoms with E-state index in [0.717, 1.165) is 63.2 Å². The summed E-state index contributed by atoms with van der Waals surface area (Å²) >= 11 is 0. The molecule has 1 aromatic heterocycles. The Hall–Kier alpha value is -3.66. The largest absolute Gasteiger partial charge is 0.369 e. The zero-order chi connectivity index (χ0) is 26.4. The maximum atomic E-state index is 13.0. The minimum atomic E-state index is 0.00522. The average Bonchev–Trinajstić information content (AvgIpc) is 2.89. The Labute approximate surface area is 218 Å². The molecule has 2 fully saturated rings. The first-order valence-electron chi connectivity index (χ1n) is 12.9. The van der Waals surface area contributed by atoms with Gasteiger partial charge in [-0.2, -0.15) is 4.99 Å². The minimum Gasteiger partial charge on any atom is -0.369 e. The molecule has 2 aliphatic heterocycles. The van der Waals surface area contributed by atoms with Gasteiger partial charge in [0.05, 0.1) is 5.69 Å². The summed E-state index contributed by atoms with van der Waals surface area (Å²) in [7, 11) is 4.01. The highest BCUT2D eigenvalue weighted by molar-refractivity contribution is 5.97. The number of carbonyl (C=O) groups excluding carboxylic acids is 2. The molecule has 0 unspecified atom stereocenters. The van der Waals surface area contributed by atoms with Gasteiger partial charge in [-0.3, -0.25) is 9.59 Å². The number of amides is 2. The van der Waals surface area contributed by atoms with E-state index in [1.807, 2.05) is 48.3 Å². The Morgan fingerprint density at radius 3 is 2.38 bits per heavy atom. The fourth-order valence-electron chi connectivity index (χ4n) is 5.01. The molecule has 0 aliphatic carbocycles. The number of hydrogen-bond donors (Lipinski definition) is 3. The van der Waals surface area contributed by atoms with Gasteiger partial charge in [-0.05, 0) is 82.2 Å². The van der Waals surface area contributed by atoms with Gasteiger partial charge in [0.1, 0.15) is 0 Å². The number of hydrogen-bond acceptors (Lipinski definition) is 6. The van der Waals surface area contributed by atoms with Gasteiger partial charge in [-0.15, -0.1) is 0 Å². The predicted octanol–water partition coefficient (Wildman–Crippen LogP) is 2.41. The molecule has 4 N–H and O–H groups in total. The third kappa shape index (κ3) is 6.97. The molecule has 0 spiro atoms. The van der Waals surface area contributed by atoms with Crippen molar-refractivity contribution in [3.05, 3.63) is 48.2 Å². The molecular formula is C27H38N8O2. The summed E-state index contributed by atoms with van der Waals surface area (Å²) in [6, 6.07) is 11.6. The van der Waals surface area contributed by atoms with Crippen LogP contribution in [0.4, 0.5) is 17.2 Å². The normalized spacial score (nSPS) is 17.9. The van der Waals surface area contributed by atoms with Crippen molar-refractivity contribution in [2.24, 2.45) is 10.7 Å².